The van der Waals surface area contributed by atoms with Crippen molar-refractivity contribution < 1.29 is 0 Å². The molecular formula is C15H29N. The molecule has 2 rings (SSSR count). The zero-order chi connectivity index (χ0) is 11.4. The van der Waals surface area contributed by atoms with E-state index in [4.69, 9.17) is 5.73 Å². The fourth-order valence-electron chi connectivity index (χ4n) is 3.54. The molecule has 2 aliphatic carbocycles. The third kappa shape index (κ3) is 3.48. The topological polar surface area (TPSA) is 26.0 Å². The van der Waals surface area contributed by atoms with Crippen molar-refractivity contribution in [3.63, 3.8) is 0 Å². The summed E-state index contributed by atoms with van der Waals surface area (Å²) in [6.45, 7) is 2.28. The monoisotopic (exact) mass is 223 g/mol. The second-order valence-electron chi connectivity index (χ2n) is 6.37. The number of hydrogen-bond acceptors (Lipinski definition) is 1. The molecule has 2 fully saturated rings. The first kappa shape index (κ1) is 12.4. The molecule has 0 saturated heterocycles. The van der Waals surface area contributed by atoms with Gasteiger partial charge >= 0.3 is 0 Å². The molecule has 0 aliphatic heterocycles. The van der Waals surface area contributed by atoms with Gasteiger partial charge in [0.15, 0.2) is 0 Å². The van der Waals surface area contributed by atoms with Crippen molar-refractivity contribution in [1.82, 2.24) is 0 Å². The second kappa shape index (κ2) is 5.53. The molecule has 2 saturated carbocycles. The minimum atomic E-state index is 0.221. The van der Waals surface area contributed by atoms with Gasteiger partial charge in [-0.25, -0.2) is 0 Å². The van der Waals surface area contributed by atoms with Crippen LogP contribution in [0.5, 0.6) is 0 Å². The molecule has 2 aliphatic rings. The standard InChI is InChI=1S/C15H29N/c1-2-3-4-5-10-15(16)11-6-7-14(12-15)13-8-9-13/h13-14H,2-12,16H2,1H3. The molecule has 0 radical (unpaired) electrons. The highest BCUT2D eigenvalue weighted by Crippen LogP contribution is 2.46. The predicted octanol–water partition coefficient (Wildman–Crippen LogP) is 4.25. The summed E-state index contributed by atoms with van der Waals surface area (Å²) in [5.41, 5.74) is 6.82. The Hall–Kier alpha value is -0.0400. The second-order valence-corrected chi connectivity index (χ2v) is 6.37. The molecule has 0 bridgehead atoms. The highest BCUT2D eigenvalue weighted by molar-refractivity contribution is 4.95. The number of unbranched alkanes of at least 4 members (excludes halogenated alkanes) is 3. The van der Waals surface area contributed by atoms with E-state index in [9.17, 15) is 0 Å². The lowest BCUT2D eigenvalue weighted by Gasteiger charge is -2.38. The van der Waals surface area contributed by atoms with E-state index >= 15 is 0 Å². The van der Waals surface area contributed by atoms with Gasteiger partial charge in [0.25, 0.3) is 0 Å². The van der Waals surface area contributed by atoms with Crippen LogP contribution < -0.4 is 5.73 Å². The third-order valence-corrected chi connectivity index (χ3v) is 4.74. The highest BCUT2D eigenvalue weighted by Gasteiger charge is 2.39. The Morgan fingerprint density at radius 3 is 2.56 bits per heavy atom. The smallest absolute Gasteiger partial charge is 0.0157 e. The van der Waals surface area contributed by atoms with Crippen LogP contribution in [0.15, 0.2) is 0 Å². The Labute approximate surface area is 101 Å². The van der Waals surface area contributed by atoms with Gasteiger partial charge in [0.05, 0.1) is 0 Å². The maximum absolute atomic E-state index is 6.60. The summed E-state index contributed by atoms with van der Waals surface area (Å²) < 4.78 is 0. The van der Waals surface area contributed by atoms with Crippen LogP contribution in [0.25, 0.3) is 0 Å². The van der Waals surface area contributed by atoms with Gasteiger partial charge in [-0.3, -0.25) is 0 Å². The Balaban J connectivity index is 1.72. The molecule has 0 aromatic heterocycles. The molecule has 0 aromatic rings. The van der Waals surface area contributed by atoms with Crippen LogP contribution >= 0.6 is 0 Å². The van der Waals surface area contributed by atoms with Gasteiger partial charge in [-0.2, -0.15) is 0 Å². The number of hydrogen-bond donors (Lipinski definition) is 1. The first-order valence-electron chi connectivity index (χ1n) is 7.52. The molecule has 0 spiro atoms. The Morgan fingerprint density at radius 2 is 1.88 bits per heavy atom. The first-order chi connectivity index (χ1) is 7.73. The lowest BCUT2D eigenvalue weighted by molar-refractivity contribution is 0.191. The average molecular weight is 223 g/mol. The fourth-order valence-corrected chi connectivity index (χ4v) is 3.54. The maximum Gasteiger partial charge on any atom is 0.0157 e. The summed E-state index contributed by atoms with van der Waals surface area (Å²) in [4.78, 5) is 0. The summed E-state index contributed by atoms with van der Waals surface area (Å²) >= 11 is 0. The predicted molar refractivity (Wildman–Crippen MR) is 70.4 cm³/mol. The van der Waals surface area contributed by atoms with Crippen molar-refractivity contribution in [2.45, 2.75) is 83.1 Å². The Bertz CT molecular complexity index is 209. The van der Waals surface area contributed by atoms with Crippen LogP contribution in [0.1, 0.15) is 77.6 Å². The number of nitrogens with two attached hydrogens (primary N) is 1. The average Bonchev–Trinajstić information content (AvgIpc) is 3.08. The largest absolute Gasteiger partial charge is 0.325 e. The van der Waals surface area contributed by atoms with Crippen LogP contribution in [-0.2, 0) is 0 Å². The molecule has 2 unspecified atom stereocenters. The van der Waals surface area contributed by atoms with Crippen molar-refractivity contribution in [2.24, 2.45) is 17.6 Å². The lowest BCUT2D eigenvalue weighted by Crippen LogP contribution is -2.44. The van der Waals surface area contributed by atoms with Gasteiger partial charge in [-0.05, 0) is 43.9 Å². The maximum atomic E-state index is 6.60. The molecule has 94 valence electrons. The van der Waals surface area contributed by atoms with Gasteiger partial charge in [0, 0.05) is 5.54 Å². The van der Waals surface area contributed by atoms with Crippen LogP contribution in [0, 0.1) is 11.8 Å². The van der Waals surface area contributed by atoms with E-state index in [2.05, 4.69) is 6.92 Å². The van der Waals surface area contributed by atoms with E-state index in [1.165, 1.54) is 70.6 Å². The van der Waals surface area contributed by atoms with E-state index in [0.29, 0.717) is 0 Å². The van der Waals surface area contributed by atoms with Crippen molar-refractivity contribution in [3.8, 4) is 0 Å². The van der Waals surface area contributed by atoms with Crippen molar-refractivity contribution in [1.29, 1.82) is 0 Å². The van der Waals surface area contributed by atoms with E-state index in [1.54, 1.807) is 0 Å². The molecule has 2 atom stereocenters. The highest BCUT2D eigenvalue weighted by atomic mass is 14.7. The molecule has 16 heavy (non-hydrogen) atoms. The molecule has 0 aromatic carbocycles. The summed E-state index contributed by atoms with van der Waals surface area (Å²) in [6.07, 6.45) is 15.3. The lowest BCUT2D eigenvalue weighted by atomic mass is 9.72. The Morgan fingerprint density at radius 1 is 1.06 bits per heavy atom. The Kier molecular flexibility index (Phi) is 4.29. The molecule has 1 heteroatoms. The first-order valence-corrected chi connectivity index (χ1v) is 7.52. The van der Waals surface area contributed by atoms with E-state index < -0.39 is 0 Å². The zero-order valence-electron chi connectivity index (χ0n) is 11.0. The molecule has 2 N–H and O–H groups in total. The van der Waals surface area contributed by atoms with Crippen molar-refractivity contribution in [3.05, 3.63) is 0 Å². The van der Waals surface area contributed by atoms with Crippen LogP contribution in [0.3, 0.4) is 0 Å². The molecular weight excluding hydrogens is 194 g/mol. The van der Waals surface area contributed by atoms with Crippen LogP contribution in [-0.4, -0.2) is 5.54 Å². The molecule has 1 nitrogen and oxygen atoms in total. The minimum Gasteiger partial charge on any atom is -0.325 e. The molecule has 0 heterocycles. The SMILES string of the molecule is CCCCCCC1(N)CCCC(C2CC2)C1. The van der Waals surface area contributed by atoms with E-state index in [-0.39, 0.29) is 5.54 Å². The van der Waals surface area contributed by atoms with Crippen LogP contribution in [0.2, 0.25) is 0 Å². The summed E-state index contributed by atoms with van der Waals surface area (Å²) in [5.74, 6) is 2.06. The van der Waals surface area contributed by atoms with Crippen LogP contribution in [0.4, 0.5) is 0 Å². The van der Waals surface area contributed by atoms with Gasteiger partial charge in [-0.15, -0.1) is 0 Å². The zero-order valence-corrected chi connectivity index (χ0v) is 11.0. The van der Waals surface area contributed by atoms with Crippen molar-refractivity contribution >= 4 is 0 Å². The van der Waals surface area contributed by atoms with Gasteiger partial charge in [0.2, 0.25) is 0 Å². The fraction of sp³-hybridized carbons (Fsp3) is 1.00. The quantitative estimate of drug-likeness (QED) is 0.669. The summed E-state index contributed by atoms with van der Waals surface area (Å²) in [6, 6.07) is 0. The van der Waals surface area contributed by atoms with Crippen molar-refractivity contribution in [2.75, 3.05) is 0 Å². The minimum absolute atomic E-state index is 0.221. The van der Waals surface area contributed by atoms with E-state index in [0.717, 1.165) is 11.8 Å². The van der Waals surface area contributed by atoms with Gasteiger partial charge in [0.1, 0.15) is 0 Å². The number of rotatable bonds is 6. The van der Waals surface area contributed by atoms with E-state index in [1.807, 2.05) is 0 Å². The normalized spacial score (nSPS) is 35.2. The van der Waals surface area contributed by atoms with Gasteiger partial charge in [-0.1, -0.05) is 45.4 Å². The summed E-state index contributed by atoms with van der Waals surface area (Å²) in [5, 5.41) is 0. The molecule has 0 amide bonds. The van der Waals surface area contributed by atoms with Gasteiger partial charge < -0.3 is 5.73 Å². The third-order valence-electron chi connectivity index (χ3n) is 4.74. The summed E-state index contributed by atoms with van der Waals surface area (Å²) in [7, 11) is 0.